The summed E-state index contributed by atoms with van der Waals surface area (Å²) < 4.78 is 11.5. The van der Waals surface area contributed by atoms with Gasteiger partial charge in [-0.05, 0) is 49.8 Å². The number of aliphatic imine (C=N–C) groups is 1. The van der Waals surface area contributed by atoms with Gasteiger partial charge in [0, 0.05) is 31.9 Å². The second-order valence-corrected chi connectivity index (χ2v) is 6.91. The van der Waals surface area contributed by atoms with E-state index in [4.69, 9.17) is 9.47 Å². The summed E-state index contributed by atoms with van der Waals surface area (Å²) in [5.74, 6) is 2.40. The predicted octanol–water partition coefficient (Wildman–Crippen LogP) is 3.32. The Kier molecular flexibility index (Phi) is 7.53. The van der Waals surface area contributed by atoms with E-state index >= 15 is 0 Å². The van der Waals surface area contributed by atoms with Crippen LogP contribution in [0.4, 0.5) is 0 Å². The minimum absolute atomic E-state index is 0.298. The lowest BCUT2D eigenvalue weighted by atomic mass is 10.1. The number of benzene rings is 1. The molecule has 1 saturated carbocycles. The number of hydrogen-bond acceptors (Lipinski definition) is 4. The molecule has 2 N–H and O–H groups in total. The molecule has 1 fully saturated rings. The lowest BCUT2D eigenvalue weighted by Crippen LogP contribution is -2.38. The molecule has 0 atom stereocenters. The van der Waals surface area contributed by atoms with Gasteiger partial charge < -0.3 is 20.1 Å². The van der Waals surface area contributed by atoms with Crippen LogP contribution >= 0.6 is 0 Å². The fraction of sp³-hybridized carbons (Fsp3) is 0.455. The third-order valence-electron chi connectivity index (χ3n) is 4.98. The quantitative estimate of drug-likeness (QED) is 0.541. The molecule has 0 radical (unpaired) electrons. The van der Waals surface area contributed by atoms with E-state index in [1.165, 1.54) is 18.4 Å². The highest BCUT2D eigenvalue weighted by molar-refractivity contribution is 5.79. The van der Waals surface area contributed by atoms with Crippen LogP contribution < -0.4 is 20.1 Å². The van der Waals surface area contributed by atoms with Crippen molar-refractivity contribution in [1.29, 1.82) is 0 Å². The molecule has 0 amide bonds. The summed E-state index contributed by atoms with van der Waals surface area (Å²) in [5, 5.41) is 6.71. The monoisotopic (exact) mass is 382 g/mol. The SMILES string of the molecule is CN=C(NCCc1ccccc1OC)NCc1cccnc1OC1CCCC1. The summed E-state index contributed by atoms with van der Waals surface area (Å²) in [6, 6.07) is 12.1. The fourth-order valence-electron chi connectivity index (χ4n) is 3.45. The second kappa shape index (κ2) is 10.5. The van der Waals surface area contributed by atoms with Crippen molar-refractivity contribution in [1.82, 2.24) is 15.6 Å². The molecule has 0 aliphatic heterocycles. The summed E-state index contributed by atoms with van der Waals surface area (Å²) in [7, 11) is 3.48. The molecule has 0 bridgehead atoms. The number of ether oxygens (including phenoxy) is 2. The average molecular weight is 383 g/mol. The molecule has 1 heterocycles. The number of methoxy groups -OCH3 is 1. The second-order valence-electron chi connectivity index (χ2n) is 6.91. The number of para-hydroxylation sites is 1. The van der Waals surface area contributed by atoms with E-state index in [1.807, 2.05) is 30.3 Å². The third-order valence-corrected chi connectivity index (χ3v) is 4.98. The van der Waals surface area contributed by atoms with Gasteiger partial charge in [0.05, 0.1) is 7.11 Å². The Bertz CT molecular complexity index is 773. The summed E-state index contributed by atoms with van der Waals surface area (Å²) in [6.07, 6.45) is 7.67. The van der Waals surface area contributed by atoms with Crippen molar-refractivity contribution in [3.05, 3.63) is 53.7 Å². The Labute approximate surface area is 167 Å². The van der Waals surface area contributed by atoms with Gasteiger partial charge in [0.25, 0.3) is 0 Å². The molecule has 6 heteroatoms. The summed E-state index contributed by atoms with van der Waals surface area (Å²) in [4.78, 5) is 8.74. The minimum Gasteiger partial charge on any atom is -0.496 e. The van der Waals surface area contributed by atoms with Crippen LogP contribution in [-0.4, -0.2) is 37.7 Å². The first-order valence-corrected chi connectivity index (χ1v) is 9.97. The number of rotatable bonds is 8. The van der Waals surface area contributed by atoms with Crippen molar-refractivity contribution in [3.8, 4) is 11.6 Å². The van der Waals surface area contributed by atoms with E-state index in [1.54, 1.807) is 20.4 Å². The Morgan fingerprint density at radius 3 is 2.68 bits per heavy atom. The highest BCUT2D eigenvalue weighted by Gasteiger charge is 2.18. The molecule has 0 saturated heterocycles. The molecule has 1 aliphatic rings. The van der Waals surface area contributed by atoms with Crippen LogP contribution in [0.3, 0.4) is 0 Å². The van der Waals surface area contributed by atoms with Crippen LogP contribution in [0.15, 0.2) is 47.6 Å². The van der Waals surface area contributed by atoms with Crippen LogP contribution in [0, 0.1) is 0 Å². The first-order valence-electron chi connectivity index (χ1n) is 9.97. The topological polar surface area (TPSA) is 67.8 Å². The maximum atomic E-state index is 6.11. The zero-order valence-corrected chi connectivity index (χ0v) is 16.8. The number of hydrogen-bond donors (Lipinski definition) is 2. The van der Waals surface area contributed by atoms with Crippen molar-refractivity contribution in [2.24, 2.45) is 4.99 Å². The Morgan fingerprint density at radius 1 is 1.11 bits per heavy atom. The molecular weight excluding hydrogens is 352 g/mol. The van der Waals surface area contributed by atoms with Crippen molar-refractivity contribution >= 4 is 5.96 Å². The molecule has 1 aliphatic carbocycles. The zero-order valence-electron chi connectivity index (χ0n) is 16.8. The zero-order chi connectivity index (χ0) is 19.6. The van der Waals surface area contributed by atoms with Gasteiger partial charge in [0.1, 0.15) is 11.9 Å². The van der Waals surface area contributed by atoms with E-state index < -0.39 is 0 Å². The highest BCUT2D eigenvalue weighted by atomic mass is 16.5. The van der Waals surface area contributed by atoms with Crippen molar-refractivity contribution in [2.75, 3.05) is 20.7 Å². The van der Waals surface area contributed by atoms with Crippen molar-refractivity contribution in [2.45, 2.75) is 44.8 Å². The van der Waals surface area contributed by atoms with Crippen molar-refractivity contribution in [3.63, 3.8) is 0 Å². The van der Waals surface area contributed by atoms with E-state index in [-0.39, 0.29) is 0 Å². The molecule has 0 spiro atoms. The van der Waals surface area contributed by atoms with Crippen LogP contribution in [0.5, 0.6) is 11.6 Å². The van der Waals surface area contributed by atoms with E-state index in [2.05, 4.69) is 26.7 Å². The third kappa shape index (κ3) is 5.62. The number of guanidine groups is 1. The van der Waals surface area contributed by atoms with Crippen LogP contribution in [0.25, 0.3) is 0 Å². The van der Waals surface area contributed by atoms with Gasteiger partial charge in [0.15, 0.2) is 5.96 Å². The molecule has 6 nitrogen and oxygen atoms in total. The molecule has 1 aromatic carbocycles. The molecule has 3 rings (SSSR count). The Balaban J connectivity index is 1.50. The first kappa shape index (κ1) is 20.0. The summed E-state index contributed by atoms with van der Waals surface area (Å²) in [5.41, 5.74) is 2.22. The number of pyridine rings is 1. The van der Waals surface area contributed by atoms with Gasteiger partial charge in [-0.1, -0.05) is 24.3 Å². The summed E-state index contributed by atoms with van der Waals surface area (Å²) >= 11 is 0. The van der Waals surface area contributed by atoms with E-state index in [0.29, 0.717) is 12.6 Å². The van der Waals surface area contributed by atoms with Gasteiger partial charge in [-0.25, -0.2) is 4.98 Å². The van der Waals surface area contributed by atoms with E-state index in [9.17, 15) is 0 Å². The average Bonchev–Trinajstić information content (AvgIpc) is 3.25. The fourth-order valence-corrected chi connectivity index (χ4v) is 3.45. The highest BCUT2D eigenvalue weighted by Crippen LogP contribution is 2.25. The van der Waals surface area contributed by atoms with Crippen LogP contribution in [0.2, 0.25) is 0 Å². The standard InChI is InChI=1S/C22H30N4O2/c1-23-22(25-15-13-17-8-3-6-12-20(17)27-2)26-16-18-9-7-14-24-21(18)28-19-10-4-5-11-19/h3,6-9,12,14,19H,4-5,10-11,13,15-16H2,1-2H3,(H2,23,25,26). The molecule has 0 unspecified atom stereocenters. The Hall–Kier alpha value is -2.76. The van der Waals surface area contributed by atoms with Crippen LogP contribution in [-0.2, 0) is 13.0 Å². The van der Waals surface area contributed by atoms with Gasteiger partial charge in [-0.3, -0.25) is 4.99 Å². The normalized spacial score (nSPS) is 14.7. The summed E-state index contributed by atoms with van der Waals surface area (Å²) in [6.45, 7) is 1.38. The van der Waals surface area contributed by atoms with E-state index in [0.717, 1.165) is 49.0 Å². The van der Waals surface area contributed by atoms with Gasteiger partial charge in [-0.2, -0.15) is 0 Å². The maximum Gasteiger partial charge on any atom is 0.218 e. The van der Waals surface area contributed by atoms with Gasteiger partial charge in [-0.15, -0.1) is 0 Å². The molecule has 28 heavy (non-hydrogen) atoms. The number of nitrogens with zero attached hydrogens (tertiary/aromatic N) is 2. The first-order chi connectivity index (χ1) is 13.8. The largest absolute Gasteiger partial charge is 0.496 e. The number of aromatic nitrogens is 1. The molecule has 1 aromatic heterocycles. The minimum atomic E-state index is 0.298. The Morgan fingerprint density at radius 2 is 1.89 bits per heavy atom. The predicted molar refractivity (Wildman–Crippen MR) is 112 cm³/mol. The van der Waals surface area contributed by atoms with Crippen LogP contribution in [0.1, 0.15) is 36.8 Å². The number of nitrogens with one attached hydrogen (secondary N) is 2. The maximum absolute atomic E-state index is 6.11. The smallest absolute Gasteiger partial charge is 0.218 e. The lowest BCUT2D eigenvalue weighted by Gasteiger charge is -2.17. The molecule has 150 valence electrons. The molecular formula is C22H30N4O2. The van der Waals surface area contributed by atoms with Gasteiger partial charge in [0.2, 0.25) is 5.88 Å². The van der Waals surface area contributed by atoms with Gasteiger partial charge >= 0.3 is 0 Å². The molecule has 2 aromatic rings. The lowest BCUT2D eigenvalue weighted by molar-refractivity contribution is 0.199. The van der Waals surface area contributed by atoms with Crippen molar-refractivity contribution < 1.29 is 9.47 Å².